The molecule has 0 unspecified atom stereocenters. The summed E-state index contributed by atoms with van der Waals surface area (Å²) in [4.78, 5) is 14.7. The van der Waals surface area contributed by atoms with Crippen molar-refractivity contribution in [2.24, 2.45) is 0 Å². The normalized spacial score (nSPS) is 10.2. The monoisotopic (exact) mass is 298 g/mol. The van der Waals surface area contributed by atoms with E-state index in [1.807, 2.05) is 0 Å². The van der Waals surface area contributed by atoms with Crippen molar-refractivity contribution in [2.45, 2.75) is 6.42 Å². The van der Waals surface area contributed by atoms with Crippen LogP contribution < -0.4 is 10.1 Å². The van der Waals surface area contributed by atoms with Crippen LogP contribution in [0.3, 0.4) is 0 Å². The van der Waals surface area contributed by atoms with E-state index in [1.165, 1.54) is 11.3 Å². The van der Waals surface area contributed by atoms with Gasteiger partial charge in [0.2, 0.25) is 0 Å². The average molecular weight is 299 g/mol. The first kappa shape index (κ1) is 13.6. The van der Waals surface area contributed by atoms with Crippen LogP contribution >= 0.6 is 22.9 Å². The Morgan fingerprint density at radius 2 is 2.37 bits per heavy atom. The molecule has 0 amide bonds. The minimum Gasteiger partial charge on any atom is -0.495 e. The van der Waals surface area contributed by atoms with Gasteiger partial charge in [-0.2, -0.15) is 0 Å². The highest BCUT2D eigenvalue weighted by Crippen LogP contribution is 2.29. The van der Waals surface area contributed by atoms with E-state index in [4.69, 9.17) is 21.4 Å². The number of aromatic nitrogens is 1. The Balaban J connectivity index is 2.12. The molecule has 19 heavy (non-hydrogen) atoms. The number of ether oxygens (including phenoxy) is 1. The summed E-state index contributed by atoms with van der Waals surface area (Å²) < 4.78 is 5.11. The van der Waals surface area contributed by atoms with E-state index >= 15 is 0 Å². The lowest BCUT2D eigenvalue weighted by Gasteiger charge is -2.06. The first-order valence-corrected chi connectivity index (χ1v) is 6.61. The fourth-order valence-corrected chi connectivity index (χ4v) is 2.39. The molecule has 1 heterocycles. The van der Waals surface area contributed by atoms with Crippen molar-refractivity contribution < 1.29 is 14.6 Å². The second-order valence-electron chi connectivity index (χ2n) is 3.69. The van der Waals surface area contributed by atoms with Crippen LogP contribution in [0.2, 0.25) is 5.02 Å². The second-order valence-corrected chi connectivity index (χ2v) is 4.95. The van der Waals surface area contributed by atoms with Crippen molar-refractivity contribution in [2.75, 3.05) is 12.4 Å². The standard InChI is InChI=1S/C12H11ClN2O3S/c1-18-10-4-7(2-3-9(10)13)14-12-15-8(6-19-12)5-11(16)17/h2-4,6H,5H2,1H3,(H,14,15)(H,16,17). The van der Waals surface area contributed by atoms with Gasteiger partial charge in [0.1, 0.15) is 5.75 Å². The molecule has 0 saturated heterocycles. The molecule has 2 rings (SSSR count). The van der Waals surface area contributed by atoms with E-state index in [0.717, 1.165) is 5.69 Å². The Morgan fingerprint density at radius 1 is 1.58 bits per heavy atom. The van der Waals surface area contributed by atoms with E-state index in [1.54, 1.807) is 30.7 Å². The molecule has 0 radical (unpaired) electrons. The smallest absolute Gasteiger partial charge is 0.309 e. The molecule has 1 aromatic heterocycles. The molecule has 0 atom stereocenters. The van der Waals surface area contributed by atoms with Crippen molar-refractivity contribution in [3.63, 3.8) is 0 Å². The van der Waals surface area contributed by atoms with Gasteiger partial charge in [0.05, 0.1) is 24.2 Å². The molecule has 2 N–H and O–H groups in total. The SMILES string of the molecule is COc1cc(Nc2nc(CC(=O)O)cs2)ccc1Cl. The summed E-state index contributed by atoms with van der Waals surface area (Å²) in [6.07, 6.45) is -0.0812. The number of carbonyl (C=O) groups is 1. The molecular formula is C12H11ClN2O3S. The molecule has 0 spiro atoms. The van der Waals surface area contributed by atoms with Crippen molar-refractivity contribution >= 4 is 39.7 Å². The molecule has 0 aliphatic carbocycles. The number of anilines is 2. The highest BCUT2D eigenvalue weighted by Gasteiger charge is 2.07. The lowest BCUT2D eigenvalue weighted by atomic mass is 10.3. The van der Waals surface area contributed by atoms with Gasteiger partial charge in [-0.25, -0.2) is 4.98 Å². The van der Waals surface area contributed by atoms with Crippen LogP contribution in [0.1, 0.15) is 5.69 Å². The van der Waals surface area contributed by atoms with E-state index in [-0.39, 0.29) is 6.42 Å². The lowest BCUT2D eigenvalue weighted by molar-refractivity contribution is -0.136. The average Bonchev–Trinajstić information content (AvgIpc) is 2.78. The third kappa shape index (κ3) is 3.59. The summed E-state index contributed by atoms with van der Waals surface area (Å²) in [7, 11) is 1.54. The number of aliphatic carboxylic acids is 1. The van der Waals surface area contributed by atoms with Gasteiger partial charge in [0.15, 0.2) is 5.13 Å². The lowest BCUT2D eigenvalue weighted by Crippen LogP contribution is -2.00. The number of hydrogen-bond donors (Lipinski definition) is 2. The van der Waals surface area contributed by atoms with Crippen LogP contribution in [0.4, 0.5) is 10.8 Å². The van der Waals surface area contributed by atoms with Crippen molar-refractivity contribution in [1.82, 2.24) is 4.98 Å². The highest BCUT2D eigenvalue weighted by atomic mass is 35.5. The second kappa shape index (κ2) is 5.90. The number of halogens is 1. The molecule has 0 aliphatic rings. The van der Waals surface area contributed by atoms with Gasteiger partial charge < -0.3 is 15.2 Å². The summed E-state index contributed by atoms with van der Waals surface area (Å²) in [5.74, 6) is -0.334. The van der Waals surface area contributed by atoms with Crippen LogP contribution in [0.15, 0.2) is 23.6 Å². The summed E-state index contributed by atoms with van der Waals surface area (Å²) in [6, 6.07) is 5.26. The van der Waals surface area contributed by atoms with Crippen LogP contribution in [0, 0.1) is 0 Å². The van der Waals surface area contributed by atoms with E-state index in [2.05, 4.69) is 10.3 Å². The number of carboxylic acid groups (broad SMARTS) is 1. The maximum atomic E-state index is 10.6. The summed E-state index contributed by atoms with van der Waals surface area (Å²) >= 11 is 7.27. The molecule has 0 fully saturated rings. The van der Waals surface area contributed by atoms with Gasteiger partial charge in [0, 0.05) is 17.1 Å². The van der Waals surface area contributed by atoms with Gasteiger partial charge in [-0.05, 0) is 12.1 Å². The number of methoxy groups -OCH3 is 1. The van der Waals surface area contributed by atoms with E-state index < -0.39 is 5.97 Å². The fourth-order valence-electron chi connectivity index (χ4n) is 1.46. The molecule has 100 valence electrons. The number of carboxylic acids is 1. The zero-order valence-corrected chi connectivity index (χ0v) is 11.6. The predicted octanol–water partition coefficient (Wildman–Crippen LogP) is 3.18. The minimum absolute atomic E-state index is 0.0812. The number of nitrogens with zero attached hydrogens (tertiary/aromatic N) is 1. The van der Waals surface area contributed by atoms with Gasteiger partial charge in [-0.3, -0.25) is 4.79 Å². The molecule has 0 aliphatic heterocycles. The van der Waals surface area contributed by atoms with Crippen LogP contribution in [-0.4, -0.2) is 23.2 Å². The molecule has 0 saturated carbocycles. The molecular weight excluding hydrogens is 288 g/mol. The minimum atomic E-state index is -0.898. The fraction of sp³-hybridized carbons (Fsp3) is 0.167. The maximum Gasteiger partial charge on any atom is 0.309 e. The highest BCUT2D eigenvalue weighted by molar-refractivity contribution is 7.13. The van der Waals surface area contributed by atoms with Crippen LogP contribution in [-0.2, 0) is 11.2 Å². The van der Waals surface area contributed by atoms with Crippen LogP contribution in [0.25, 0.3) is 0 Å². The Labute approximate surface area is 118 Å². The number of benzene rings is 1. The molecule has 1 aromatic carbocycles. The Kier molecular flexibility index (Phi) is 4.24. The first-order chi connectivity index (χ1) is 9.08. The third-order valence-electron chi connectivity index (χ3n) is 2.29. The molecule has 2 aromatic rings. The maximum absolute atomic E-state index is 10.6. The van der Waals surface area contributed by atoms with E-state index in [9.17, 15) is 4.79 Å². The Morgan fingerprint density at radius 3 is 3.05 bits per heavy atom. The molecule has 5 nitrogen and oxygen atoms in total. The molecule has 7 heteroatoms. The Hall–Kier alpha value is -1.79. The number of thiazole rings is 1. The van der Waals surface area contributed by atoms with Crippen molar-refractivity contribution in [3.05, 3.63) is 34.3 Å². The predicted molar refractivity (Wildman–Crippen MR) is 74.7 cm³/mol. The number of hydrogen-bond acceptors (Lipinski definition) is 5. The number of rotatable bonds is 5. The largest absolute Gasteiger partial charge is 0.495 e. The van der Waals surface area contributed by atoms with Gasteiger partial charge in [-0.15, -0.1) is 11.3 Å². The van der Waals surface area contributed by atoms with Crippen molar-refractivity contribution in [3.8, 4) is 5.75 Å². The first-order valence-electron chi connectivity index (χ1n) is 5.35. The van der Waals surface area contributed by atoms with Gasteiger partial charge in [-0.1, -0.05) is 11.6 Å². The van der Waals surface area contributed by atoms with Gasteiger partial charge >= 0.3 is 5.97 Å². The van der Waals surface area contributed by atoms with E-state index in [0.29, 0.717) is 21.6 Å². The zero-order chi connectivity index (χ0) is 13.8. The zero-order valence-electron chi connectivity index (χ0n) is 10.0. The third-order valence-corrected chi connectivity index (χ3v) is 3.41. The van der Waals surface area contributed by atoms with Crippen LogP contribution in [0.5, 0.6) is 5.75 Å². The number of nitrogens with one attached hydrogen (secondary N) is 1. The topological polar surface area (TPSA) is 71.5 Å². The van der Waals surface area contributed by atoms with Gasteiger partial charge in [0.25, 0.3) is 0 Å². The Bertz CT molecular complexity index is 600. The molecule has 0 bridgehead atoms. The van der Waals surface area contributed by atoms with Crippen molar-refractivity contribution in [1.29, 1.82) is 0 Å². The summed E-state index contributed by atoms with van der Waals surface area (Å²) in [6.45, 7) is 0. The summed E-state index contributed by atoms with van der Waals surface area (Å²) in [5, 5.41) is 14.6. The quantitative estimate of drug-likeness (QED) is 0.887. The summed E-state index contributed by atoms with van der Waals surface area (Å²) in [5.41, 5.74) is 1.30.